The molecule has 0 aromatic heterocycles. The van der Waals surface area contributed by atoms with Crippen molar-refractivity contribution in [2.45, 2.75) is 45.4 Å². The fraction of sp³-hybridized carbons (Fsp3) is 0.900. The molecule has 0 aromatic rings. The highest BCUT2D eigenvalue weighted by molar-refractivity contribution is 9.09. The zero-order valence-corrected chi connectivity index (χ0v) is 10.5. The van der Waals surface area contributed by atoms with Crippen molar-refractivity contribution in [1.82, 2.24) is 0 Å². The van der Waals surface area contributed by atoms with E-state index in [1.54, 1.807) is 0 Å². The summed E-state index contributed by atoms with van der Waals surface area (Å²) in [7, 11) is 0. The van der Waals surface area contributed by atoms with Crippen LogP contribution < -0.4 is 0 Å². The zero-order valence-electron chi connectivity index (χ0n) is 8.89. The van der Waals surface area contributed by atoms with E-state index in [1.165, 1.54) is 0 Å². The van der Waals surface area contributed by atoms with Crippen LogP contribution in [0.1, 0.15) is 40.5 Å². The van der Waals surface area contributed by atoms with Crippen LogP contribution in [-0.4, -0.2) is 17.4 Å². The first-order chi connectivity index (χ1) is 5.85. The molecular formula is C10H19BrO2. The second-order valence-electron chi connectivity index (χ2n) is 4.43. The normalized spacial score (nSPS) is 13.9. The molecule has 0 aliphatic heterocycles. The number of hydrogen-bond acceptors (Lipinski definition) is 2. The number of carbonyl (C=O) groups excluding carboxylic acids is 1. The molecule has 0 aliphatic rings. The van der Waals surface area contributed by atoms with Crippen LogP contribution in [0.5, 0.6) is 0 Å². The van der Waals surface area contributed by atoms with Crippen LogP contribution in [0.4, 0.5) is 0 Å². The monoisotopic (exact) mass is 250 g/mol. The summed E-state index contributed by atoms with van der Waals surface area (Å²) in [6, 6.07) is 0. The van der Waals surface area contributed by atoms with Gasteiger partial charge in [0.05, 0.1) is 6.42 Å². The molecule has 1 unspecified atom stereocenters. The first kappa shape index (κ1) is 12.9. The summed E-state index contributed by atoms with van der Waals surface area (Å²) >= 11 is 3.41. The van der Waals surface area contributed by atoms with Crippen LogP contribution in [0.2, 0.25) is 0 Å². The van der Waals surface area contributed by atoms with E-state index in [0.717, 1.165) is 6.42 Å². The zero-order chi connectivity index (χ0) is 10.5. The first-order valence-electron chi connectivity index (χ1n) is 4.65. The van der Waals surface area contributed by atoms with Crippen molar-refractivity contribution in [3.8, 4) is 0 Å². The Morgan fingerprint density at radius 3 is 2.38 bits per heavy atom. The molecule has 0 heterocycles. The topological polar surface area (TPSA) is 26.3 Å². The highest BCUT2D eigenvalue weighted by Gasteiger charge is 2.17. The van der Waals surface area contributed by atoms with Crippen molar-refractivity contribution in [3.05, 3.63) is 0 Å². The average Bonchev–Trinajstić information content (AvgIpc) is 1.97. The Bertz CT molecular complexity index is 161. The van der Waals surface area contributed by atoms with Gasteiger partial charge in [-0.05, 0) is 11.8 Å². The van der Waals surface area contributed by atoms with Crippen molar-refractivity contribution >= 4 is 21.9 Å². The first-order valence-corrected chi connectivity index (χ1v) is 5.56. The molecule has 0 bridgehead atoms. The highest BCUT2D eigenvalue weighted by Crippen LogP contribution is 2.19. The van der Waals surface area contributed by atoms with E-state index in [-0.39, 0.29) is 16.2 Å². The summed E-state index contributed by atoms with van der Waals surface area (Å²) in [6.45, 7) is 8.61. The van der Waals surface area contributed by atoms with Crippen molar-refractivity contribution in [2.75, 3.05) is 6.61 Å². The van der Waals surface area contributed by atoms with E-state index in [0.29, 0.717) is 13.0 Å². The highest BCUT2D eigenvalue weighted by atomic mass is 79.9. The Morgan fingerprint density at radius 2 is 2.00 bits per heavy atom. The Hall–Kier alpha value is -0.0500. The molecule has 13 heavy (non-hydrogen) atoms. The maximum absolute atomic E-state index is 11.2. The fourth-order valence-corrected chi connectivity index (χ4v) is 0.917. The van der Waals surface area contributed by atoms with Crippen molar-refractivity contribution in [3.63, 3.8) is 0 Å². The molecular weight excluding hydrogens is 232 g/mol. The Morgan fingerprint density at radius 1 is 1.46 bits per heavy atom. The molecule has 0 amide bonds. The Balaban J connectivity index is 3.64. The molecule has 0 rings (SSSR count). The summed E-state index contributed by atoms with van der Waals surface area (Å²) < 4.78 is 5.08. The van der Waals surface area contributed by atoms with Crippen LogP contribution in [0.25, 0.3) is 0 Å². The maximum Gasteiger partial charge on any atom is 0.306 e. The van der Waals surface area contributed by atoms with E-state index in [4.69, 9.17) is 4.74 Å². The van der Waals surface area contributed by atoms with E-state index < -0.39 is 0 Å². The molecule has 0 fully saturated rings. The van der Waals surface area contributed by atoms with Gasteiger partial charge in [0.25, 0.3) is 0 Å². The van der Waals surface area contributed by atoms with E-state index in [1.807, 2.05) is 20.8 Å². The summed E-state index contributed by atoms with van der Waals surface area (Å²) in [5, 5.41) is 0. The lowest BCUT2D eigenvalue weighted by molar-refractivity contribution is -0.145. The van der Waals surface area contributed by atoms with Crippen LogP contribution >= 0.6 is 15.9 Å². The van der Waals surface area contributed by atoms with E-state index >= 15 is 0 Å². The third-order valence-corrected chi connectivity index (χ3v) is 2.45. The molecule has 78 valence electrons. The van der Waals surface area contributed by atoms with Crippen LogP contribution in [0, 0.1) is 5.41 Å². The summed E-state index contributed by atoms with van der Waals surface area (Å²) in [4.78, 5) is 11.5. The molecule has 2 nitrogen and oxygen atoms in total. The largest absolute Gasteiger partial charge is 0.464 e. The SMILES string of the molecule is CCC(Br)COC(=O)CC(C)(C)C. The summed E-state index contributed by atoms with van der Waals surface area (Å²) in [5.74, 6) is -0.106. The molecule has 0 radical (unpaired) electrons. The number of ether oxygens (including phenoxy) is 1. The molecule has 0 N–H and O–H groups in total. The van der Waals surface area contributed by atoms with Gasteiger partial charge < -0.3 is 4.74 Å². The Kier molecular flexibility index (Phi) is 5.61. The van der Waals surface area contributed by atoms with Crippen molar-refractivity contribution < 1.29 is 9.53 Å². The Labute approximate surface area is 89.2 Å². The quantitative estimate of drug-likeness (QED) is 0.566. The molecule has 0 spiro atoms. The lowest BCUT2D eigenvalue weighted by Crippen LogP contribution is -2.18. The number of carbonyl (C=O) groups is 1. The van der Waals surface area contributed by atoms with Crippen molar-refractivity contribution in [1.29, 1.82) is 0 Å². The van der Waals surface area contributed by atoms with Gasteiger partial charge in [0.2, 0.25) is 0 Å². The maximum atomic E-state index is 11.2. The number of alkyl halides is 1. The van der Waals surface area contributed by atoms with Gasteiger partial charge >= 0.3 is 5.97 Å². The van der Waals surface area contributed by atoms with E-state index in [2.05, 4.69) is 22.9 Å². The molecule has 1 atom stereocenters. The second-order valence-corrected chi connectivity index (χ2v) is 5.72. The summed E-state index contributed by atoms with van der Waals surface area (Å²) in [5.41, 5.74) is 0.0190. The standard InChI is InChI=1S/C10H19BrO2/c1-5-8(11)7-13-9(12)6-10(2,3)4/h8H,5-7H2,1-4H3. The number of hydrogen-bond donors (Lipinski definition) is 0. The van der Waals surface area contributed by atoms with Gasteiger partial charge in [0, 0.05) is 4.83 Å². The van der Waals surface area contributed by atoms with Gasteiger partial charge in [-0.2, -0.15) is 0 Å². The minimum Gasteiger partial charge on any atom is -0.464 e. The van der Waals surface area contributed by atoms with Crippen LogP contribution in [0.15, 0.2) is 0 Å². The smallest absolute Gasteiger partial charge is 0.306 e. The minimum atomic E-state index is -0.106. The minimum absolute atomic E-state index is 0.0190. The molecule has 0 saturated heterocycles. The van der Waals surface area contributed by atoms with Crippen LogP contribution in [0.3, 0.4) is 0 Å². The van der Waals surface area contributed by atoms with Gasteiger partial charge in [-0.25, -0.2) is 0 Å². The number of esters is 1. The molecule has 0 aromatic carbocycles. The van der Waals surface area contributed by atoms with E-state index in [9.17, 15) is 4.79 Å². The fourth-order valence-electron chi connectivity index (χ4n) is 0.785. The van der Waals surface area contributed by atoms with Gasteiger partial charge in [-0.3, -0.25) is 4.79 Å². The van der Waals surface area contributed by atoms with Gasteiger partial charge in [0.1, 0.15) is 6.61 Å². The lowest BCUT2D eigenvalue weighted by atomic mass is 9.92. The predicted octanol–water partition coefficient (Wildman–Crippen LogP) is 3.14. The summed E-state index contributed by atoms with van der Waals surface area (Å²) in [6.07, 6.45) is 1.46. The van der Waals surface area contributed by atoms with Crippen molar-refractivity contribution in [2.24, 2.45) is 5.41 Å². The van der Waals surface area contributed by atoms with Gasteiger partial charge in [-0.1, -0.05) is 43.6 Å². The average molecular weight is 251 g/mol. The second kappa shape index (κ2) is 5.63. The lowest BCUT2D eigenvalue weighted by Gasteiger charge is -2.17. The molecule has 3 heteroatoms. The van der Waals surface area contributed by atoms with Crippen LogP contribution in [-0.2, 0) is 9.53 Å². The van der Waals surface area contributed by atoms with Gasteiger partial charge in [-0.15, -0.1) is 0 Å². The van der Waals surface area contributed by atoms with Gasteiger partial charge in [0.15, 0.2) is 0 Å². The predicted molar refractivity (Wildman–Crippen MR) is 58.0 cm³/mol. The third-order valence-electron chi connectivity index (χ3n) is 1.54. The number of rotatable bonds is 4. The number of halogens is 1. The molecule has 0 aliphatic carbocycles. The third kappa shape index (κ3) is 8.28. The molecule has 0 saturated carbocycles.